The Hall–Kier alpha value is -5.79. The predicted octanol–water partition coefficient (Wildman–Crippen LogP) is 13.8. The Morgan fingerprint density at radius 3 is 1.34 bits per heavy atom. The molecule has 0 aromatic heterocycles. The number of hydrogen-bond acceptors (Lipinski definition) is 3. The molecule has 2 heterocycles. The van der Waals surface area contributed by atoms with Crippen molar-refractivity contribution in [2.75, 3.05) is 0 Å². The van der Waals surface area contributed by atoms with Gasteiger partial charge in [0.2, 0.25) is 0 Å². The zero-order valence-electron chi connectivity index (χ0n) is 26.7. The zero-order chi connectivity index (χ0) is 32.9. The lowest BCUT2D eigenvalue weighted by Crippen LogP contribution is -1.97. The van der Waals surface area contributed by atoms with Crippen LogP contribution >= 0.6 is 23.5 Å². The van der Waals surface area contributed by atoms with Crippen LogP contribution in [0.3, 0.4) is 0 Å². The van der Waals surface area contributed by atoms with E-state index >= 15 is 0 Å². The molecular weight excluding hydrogens is 643 g/mol. The molecular formula is C47H25NS2. The van der Waals surface area contributed by atoms with E-state index in [2.05, 4.69) is 152 Å². The van der Waals surface area contributed by atoms with Crippen molar-refractivity contribution >= 4 is 66.6 Å². The molecule has 0 saturated heterocycles. The van der Waals surface area contributed by atoms with E-state index in [1.54, 1.807) is 0 Å². The first-order valence-corrected chi connectivity index (χ1v) is 18.5. The van der Waals surface area contributed by atoms with E-state index in [1.165, 1.54) is 96.4 Å². The maximum absolute atomic E-state index is 10.2. The van der Waals surface area contributed by atoms with E-state index in [0.29, 0.717) is 5.56 Å². The van der Waals surface area contributed by atoms with Crippen molar-refractivity contribution in [1.29, 1.82) is 5.26 Å². The molecule has 3 heteroatoms. The van der Waals surface area contributed by atoms with Gasteiger partial charge in [-0.2, -0.15) is 5.26 Å². The van der Waals surface area contributed by atoms with Gasteiger partial charge in [-0.05, 0) is 113 Å². The van der Waals surface area contributed by atoms with Crippen LogP contribution in [0.25, 0.3) is 87.6 Å². The monoisotopic (exact) mass is 667 g/mol. The van der Waals surface area contributed by atoms with Gasteiger partial charge in [-0.15, -0.1) is 0 Å². The third-order valence-electron chi connectivity index (χ3n) is 10.5. The Kier molecular flexibility index (Phi) is 5.96. The molecule has 0 amide bonds. The Morgan fingerprint density at radius 2 is 0.780 bits per heavy atom. The molecule has 230 valence electrons. The molecule has 0 N–H and O–H groups in total. The van der Waals surface area contributed by atoms with Crippen LogP contribution in [0.4, 0.5) is 0 Å². The second-order valence-corrected chi connectivity index (χ2v) is 15.2. The molecule has 0 unspecified atom stereocenters. The first kappa shape index (κ1) is 28.1. The third kappa shape index (κ3) is 3.86. The summed E-state index contributed by atoms with van der Waals surface area (Å²) in [5.74, 6) is 0. The predicted molar refractivity (Wildman–Crippen MR) is 211 cm³/mol. The number of hydrogen-bond donors (Lipinski definition) is 0. The van der Waals surface area contributed by atoms with Crippen LogP contribution in [-0.2, 0) is 0 Å². The lowest BCUT2D eigenvalue weighted by molar-refractivity contribution is 1.40. The fourth-order valence-electron chi connectivity index (χ4n) is 8.42. The van der Waals surface area contributed by atoms with Gasteiger partial charge in [0.15, 0.2) is 0 Å². The van der Waals surface area contributed by atoms with E-state index in [4.69, 9.17) is 0 Å². The van der Waals surface area contributed by atoms with Crippen molar-refractivity contribution in [3.63, 3.8) is 0 Å². The number of benzene rings is 9. The molecule has 0 fully saturated rings. The molecule has 0 radical (unpaired) electrons. The van der Waals surface area contributed by atoms with Crippen LogP contribution < -0.4 is 0 Å². The van der Waals surface area contributed by atoms with Gasteiger partial charge in [0.05, 0.1) is 11.6 Å². The van der Waals surface area contributed by atoms with Crippen LogP contribution in [-0.4, -0.2) is 0 Å². The van der Waals surface area contributed by atoms with Gasteiger partial charge in [0, 0.05) is 30.4 Å². The van der Waals surface area contributed by atoms with Crippen molar-refractivity contribution in [2.45, 2.75) is 19.6 Å². The molecule has 1 nitrogen and oxygen atoms in total. The minimum absolute atomic E-state index is 0.664. The Labute approximate surface area is 297 Å². The first-order chi connectivity index (χ1) is 24.8. The molecule has 50 heavy (non-hydrogen) atoms. The number of rotatable bonds is 2. The fraction of sp³-hybridized carbons (Fsp3) is 0. The lowest BCUT2D eigenvalue weighted by Gasteiger charge is -2.24. The van der Waals surface area contributed by atoms with Gasteiger partial charge < -0.3 is 0 Å². The molecule has 0 bridgehead atoms. The van der Waals surface area contributed by atoms with Crippen molar-refractivity contribution in [1.82, 2.24) is 0 Å². The Morgan fingerprint density at radius 1 is 0.340 bits per heavy atom. The van der Waals surface area contributed by atoms with Gasteiger partial charge in [0.25, 0.3) is 0 Å². The van der Waals surface area contributed by atoms with Crippen LogP contribution in [0, 0.1) is 11.3 Å². The molecule has 0 atom stereocenters. The summed E-state index contributed by atoms with van der Waals surface area (Å²) in [6.45, 7) is 0. The average Bonchev–Trinajstić information content (AvgIpc) is 3.17. The normalized spacial score (nSPS) is 12.6. The van der Waals surface area contributed by atoms with E-state index < -0.39 is 0 Å². The summed E-state index contributed by atoms with van der Waals surface area (Å²) >= 11 is 3.71. The molecule has 2 aliphatic heterocycles. The van der Waals surface area contributed by atoms with Gasteiger partial charge in [0.1, 0.15) is 0 Å². The summed E-state index contributed by atoms with van der Waals surface area (Å²) in [4.78, 5) is 5.16. The topological polar surface area (TPSA) is 23.8 Å². The molecule has 0 saturated carbocycles. The van der Waals surface area contributed by atoms with Crippen molar-refractivity contribution in [3.8, 4) is 50.6 Å². The summed E-state index contributed by atoms with van der Waals surface area (Å²) in [5, 5.41) is 20.0. The van der Waals surface area contributed by atoms with Crippen LogP contribution in [0.5, 0.6) is 0 Å². The second kappa shape index (κ2) is 10.6. The summed E-state index contributed by atoms with van der Waals surface area (Å²) < 4.78 is 0. The lowest BCUT2D eigenvalue weighted by atomic mass is 9.82. The quantitative estimate of drug-likeness (QED) is 0.171. The number of nitrogens with zero attached hydrogens (tertiary/aromatic N) is 1. The first-order valence-electron chi connectivity index (χ1n) is 16.8. The van der Waals surface area contributed by atoms with Crippen molar-refractivity contribution in [3.05, 3.63) is 157 Å². The van der Waals surface area contributed by atoms with Crippen LogP contribution in [0.15, 0.2) is 171 Å². The SMILES string of the molecule is N#Cc1ccc2c(-c3ccc4c5c(cccc35)Sc3ccccc3-4)c3ccccc3c(-c3ccc4c5c(cccc35)Sc3ccccc3-4)c2c1. The summed E-state index contributed by atoms with van der Waals surface area (Å²) in [7, 11) is 0. The molecule has 9 aromatic carbocycles. The summed E-state index contributed by atoms with van der Waals surface area (Å²) in [6, 6.07) is 57.7. The van der Waals surface area contributed by atoms with E-state index in [9.17, 15) is 5.26 Å². The highest BCUT2D eigenvalue weighted by Crippen LogP contribution is 2.54. The van der Waals surface area contributed by atoms with Gasteiger partial charge in [-0.3, -0.25) is 0 Å². The van der Waals surface area contributed by atoms with Gasteiger partial charge in [-0.25, -0.2) is 0 Å². The minimum Gasteiger partial charge on any atom is -0.192 e. The van der Waals surface area contributed by atoms with Crippen molar-refractivity contribution in [2.24, 2.45) is 0 Å². The Bertz CT molecular complexity index is 3000. The summed E-state index contributed by atoms with van der Waals surface area (Å²) in [5.41, 5.74) is 10.6. The largest absolute Gasteiger partial charge is 0.192 e. The smallest absolute Gasteiger partial charge is 0.0991 e. The molecule has 0 aliphatic carbocycles. The minimum atomic E-state index is 0.664. The molecule has 0 spiro atoms. The zero-order valence-corrected chi connectivity index (χ0v) is 28.3. The number of fused-ring (bicyclic) bond motifs is 6. The van der Waals surface area contributed by atoms with Crippen LogP contribution in [0.1, 0.15) is 5.56 Å². The molecule has 11 rings (SSSR count). The fourth-order valence-corrected chi connectivity index (χ4v) is 10.7. The van der Waals surface area contributed by atoms with Gasteiger partial charge in [-0.1, -0.05) is 139 Å². The maximum Gasteiger partial charge on any atom is 0.0991 e. The highest BCUT2D eigenvalue weighted by Gasteiger charge is 2.25. The highest BCUT2D eigenvalue weighted by atomic mass is 32.2. The van der Waals surface area contributed by atoms with Crippen LogP contribution in [0.2, 0.25) is 0 Å². The maximum atomic E-state index is 10.2. The van der Waals surface area contributed by atoms with Gasteiger partial charge >= 0.3 is 0 Å². The number of nitriles is 1. The van der Waals surface area contributed by atoms with E-state index in [1.807, 2.05) is 29.6 Å². The second-order valence-electron chi connectivity index (χ2n) is 13.0. The highest BCUT2D eigenvalue weighted by molar-refractivity contribution is 8.00. The van der Waals surface area contributed by atoms with E-state index in [-0.39, 0.29) is 0 Å². The average molecular weight is 668 g/mol. The Balaban J connectivity index is 1.26. The summed E-state index contributed by atoms with van der Waals surface area (Å²) in [6.07, 6.45) is 0. The standard InChI is InChI=1S/C47H25NS2/c48-26-27-19-20-38-39(25-27)45(37-24-22-35-29-10-4-6-16-41(29)50-43-18-8-14-33(37)47(35)43)31-12-2-1-11-30(31)44(38)36-23-21-34-28-9-3-5-15-40(28)49-42-17-7-13-32(36)46(34)42/h1-25H. The third-order valence-corrected chi connectivity index (χ3v) is 12.8. The van der Waals surface area contributed by atoms with Crippen molar-refractivity contribution < 1.29 is 0 Å². The molecule has 9 aromatic rings. The molecule has 2 aliphatic rings. The van der Waals surface area contributed by atoms with E-state index in [0.717, 1.165) is 10.8 Å².